The fraction of sp³-hybridized carbons (Fsp3) is 0.364. The minimum absolute atomic E-state index is 0.125. The molecular weight excluding hydrogens is 390 g/mol. The van der Waals surface area contributed by atoms with Crippen molar-refractivity contribution in [2.24, 2.45) is 5.92 Å². The maximum Gasteiger partial charge on any atom is 0.303 e. The molecule has 1 aromatic heterocycles. The van der Waals surface area contributed by atoms with Gasteiger partial charge in [0.2, 0.25) is 0 Å². The number of thiazole rings is 1. The number of fused-ring (bicyclic) bond motifs is 1. The number of H-pyrrole nitrogens is 1. The number of benzene rings is 2. The van der Waals surface area contributed by atoms with Gasteiger partial charge in [0, 0.05) is 12.0 Å². The molecule has 6 heteroatoms. The number of carboxylic acids is 1. The summed E-state index contributed by atoms with van der Waals surface area (Å²) in [5, 5.41) is 9.01. The van der Waals surface area contributed by atoms with Crippen LogP contribution in [0, 0.1) is 9.87 Å². The van der Waals surface area contributed by atoms with Crippen LogP contribution in [0.4, 0.5) is 0 Å². The number of aryl methyl sites for hydroxylation is 1. The lowest BCUT2D eigenvalue weighted by atomic mass is 9.99. The summed E-state index contributed by atoms with van der Waals surface area (Å²) in [5.41, 5.74) is 4.13. The van der Waals surface area contributed by atoms with E-state index in [4.69, 9.17) is 22.1 Å². The van der Waals surface area contributed by atoms with E-state index in [1.165, 1.54) is 25.7 Å². The van der Waals surface area contributed by atoms with E-state index in [0.29, 0.717) is 12.3 Å². The van der Waals surface area contributed by atoms with Gasteiger partial charge in [-0.25, -0.2) is 0 Å². The molecule has 0 spiro atoms. The Morgan fingerprint density at radius 3 is 2.82 bits per heavy atom. The van der Waals surface area contributed by atoms with Gasteiger partial charge < -0.3 is 14.8 Å². The van der Waals surface area contributed by atoms with Gasteiger partial charge in [-0.3, -0.25) is 4.79 Å². The average Bonchev–Trinajstić information content (AvgIpc) is 3.32. The second-order valence-corrected chi connectivity index (χ2v) is 9.13. The molecule has 2 N–H and O–H groups in total. The lowest BCUT2D eigenvalue weighted by Gasteiger charge is -2.16. The third-order valence-electron chi connectivity index (χ3n) is 5.35. The first-order valence-corrected chi connectivity index (χ1v) is 10.9. The van der Waals surface area contributed by atoms with Crippen molar-refractivity contribution < 1.29 is 14.6 Å². The number of ether oxygens (including phenoxy) is 1. The summed E-state index contributed by atoms with van der Waals surface area (Å²) in [6, 6.07) is 12.3. The van der Waals surface area contributed by atoms with Gasteiger partial charge in [-0.15, -0.1) is 11.3 Å². The van der Waals surface area contributed by atoms with E-state index >= 15 is 0 Å². The predicted molar refractivity (Wildman–Crippen MR) is 116 cm³/mol. The van der Waals surface area contributed by atoms with Crippen molar-refractivity contribution >= 4 is 39.7 Å². The van der Waals surface area contributed by atoms with E-state index in [9.17, 15) is 4.79 Å². The minimum Gasteiger partial charge on any atom is -0.493 e. The molecule has 3 aromatic rings. The molecule has 4 rings (SSSR count). The van der Waals surface area contributed by atoms with Crippen LogP contribution in [0.5, 0.6) is 5.75 Å². The van der Waals surface area contributed by atoms with Gasteiger partial charge in [-0.1, -0.05) is 25.0 Å². The van der Waals surface area contributed by atoms with Crippen LogP contribution in [-0.4, -0.2) is 22.7 Å². The van der Waals surface area contributed by atoms with E-state index in [1.54, 1.807) is 11.3 Å². The fourth-order valence-corrected chi connectivity index (χ4v) is 4.99. The van der Waals surface area contributed by atoms with Crippen LogP contribution in [0.25, 0.3) is 21.3 Å². The smallest absolute Gasteiger partial charge is 0.303 e. The van der Waals surface area contributed by atoms with Gasteiger partial charge in [-0.2, -0.15) is 0 Å². The van der Waals surface area contributed by atoms with Crippen molar-refractivity contribution in [2.75, 3.05) is 6.61 Å². The van der Waals surface area contributed by atoms with Crippen LogP contribution in [-0.2, 0) is 11.2 Å². The monoisotopic (exact) mass is 413 g/mol. The summed E-state index contributed by atoms with van der Waals surface area (Å²) in [5.74, 6) is 0.720. The Morgan fingerprint density at radius 2 is 2.04 bits per heavy atom. The maximum atomic E-state index is 11.0. The van der Waals surface area contributed by atoms with E-state index in [1.807, 2.05) is 18.2 Å². The van der Waals surface area contributed by atoms with Crippen molar-refractivity contribution in [1.29, 1.82) is 0 Å². The zero-order valence-electron chi connectivity index (χ0n) is 15.6. The number of nitrogens with one attached hydrogen (secondary N) is 1. The van der Waals surface area contributed by atoms with E-state index in [-0.39, 0.29) is 6.42 Å². The molecule has 1 saturated carbocycles. The Hall–Kier alpha value is -2.18. The molecule has 4 nitrogen and oxygen atoms in total. The maximum absolute atomic E-state index is 11.0. The lowest BCUT2D eigenvalue weighted by Crippen LogP contribution is -2.09. The molecule has 28 heavy (non-hydrogen) atoms. The Morgan fingerprint density at radius 1 is 1.21 bits per heavy atom. The summed E-state index contributed by atoms with van der Waals surface area (Å²) in [6.45, 7) is 0.743. The second kappa shape index (κ2) is 8.45. The number of aromatic nitrogens is 1. The van der Waals surface area contributed by atoms with Gasteiger partial charge in [-0.05, 0) is 72.8 Å². The lowest BCUT2D eigenvalue weighted by molar-refractivity contribution is -0.136. The number of aliphatic carboxylic acids is 1. The third kappa shape index (κ3) is 4.45. The van der Waals surface area contributed by atoms with Gasteiger partial charge in [0.1, 0.15) is 5.75 Å². The van der Waals surface area contributed by atoms with E-state index < -0.39 is 5.97 Å². The molecule has 0 amide bonds. The molecule has 0 bridgehead atoms. The molecule has 0 radical (unpaired) electrons. The van der Waals surface area contributed by atoms with Crippen LogP contribution < -0.4 is 4.74 Å². The van der Waals surface area contributed by atoms with Gasteiger partial charge in [0.05, 0.1) is 16.8 Å². The first-order chi connectivity index (χ1) is 13.6. The molecule has 1 aliphatic carbocycles. The molecule has 0 aliphatic heterocycles. The number of carbonyl (C=O) groups is 1. The van der Waals surface area contributed by atoms with Crippen molar-refractivity contribution in [1.82, 2.24) is 4.98 Å². The highest BCUT2D eigenvalue weighted by Crippen LogP contribution is 2.35. The van der Waals surface area contributed by atoms with Crippen LogP contribution in [0.1, 0.15) is 37.7 Å². The van der Waals surface area contributed by atoms with Gasteiger partial charge >= 0.3 is 5.97 Å². The Bertz CT molecular complexity index is 1050. The summed E-state index contributed by atoms with van der Waals surface area (Å²) >= 11 is 6.82. The number of aromatic amines is 1. The second-order valence-electron chi connectivity index (χ2n) is 7.41. The summed E-state index contributed by atoms with van der Waals surface area (Å²) < 4.78 is 8.11. The highest BCUT2D eigenvalue weighted by Gasteiger charge is 2.17. The first-order valence-electron chi connectivity index (χ1n) is 9.69. The Labute approximate surface area is 173 Å². The minimum atomic E-state index is -0.781. The topological polar surface area (TPSA) is 62.3 Å². The summed E-state index contributed by atoms with van der Waals surface area (Å²) in [4.78, 5) is 14.2. The van der Waals surface area contributed by atoms with Gasteiger partial charge in [0.15, 0.2) is 3.95 Å². The highest BCUT2D eigenvalue weighted by atomic mass is 32.1. The van der Waals surface area contributed by atoms with Crippen molar-refractivity contribution in [3.05, 3.63) is 45.9 Å². The quantitative estimate of drug-likeness (QED) is 0.452. The molecule has 1 heterocycles. The summed E-state index contributed by atoms with van der Waals surface area (Å²) in [7, 11) is 0. The molecule has 1 fully saturated rings. The van der Waals surface area contributed by atoms with E-state index in [0.717, 1.165) is 43.2 Å². The van der Waals surface area contributed by atoms with Crippen LogP contribution in [0.2, 0.25) is 0 Å². The molecule has 2 aromatic carbocycles. The largest absolute Gasteiger partial charge is 0.493 e. The SMILES string of the molecule is O=C(O)CCc1ccc(OCC2CCCC2)c(-c2ccc3[nH]c(=S)sc3c2)c1. The highest BCUT2D eigenvalue weighted by molar-refractivity contribution is 7.73. The van der Waals surface area contributed by atoms with E-state index in [2.05, 4.69) is 23.2 Å². The molecular formula is C22H23NO3S2. The predicted octanol–water partition coefficient (Wildman–Crippen LogP) is 6.21. The zero-order chi connectivity index (χ0) is 19.5. The fourth-order valence-electron chi connectivity index (χ4n) is 3.83. The van der Waals surface area contributed by atoms with Gasteiger partial charge in [0.25, 0.3) is 0 Å². The number of rotatable bonds is 7. The van der Waals surface area contributed by atoms with Crippen LogP contribution in [0.15, 0.2) is 36.4 Å². The number of hydrogen-bond acceptors (Lipinski definition) is 4. The molecule has 1 aliphatic rings. The average molecular weight is 414 g/mol. The Kier molecular flexibility index (Phi) is 5.78. The molecule has 0 unspecified atom stereocenters. The van der Waals surface area contributed by atoms with Crippen molar-refractivity contribution in [2.45, 2.75) is 38.5 Å². The molecule has 0 saturated heterocycles. The van der Waals surface area contributed by atoms with Crippen LogP contribution in [0.3, 0.4) is 0 Å². The zero-order valence-corrected chi connectivity index (χ0v) is 17.2. The van der Waals surface area contributed by atoms with Crippen LogP contribution >= 0.6 is 23.6 Å². The normalized spacial score (nSPS) is 14.6. The molecule has 0 atom stereocenters. The first kappa shape index (κ1) is 19.2. The van der Waals surface area contributed by atoms with Crippen molar-refractivity contribution in [3.8, 4) is 16.9 Å². The standard InChI is InChI=1S/C22H23NO3S2/c24-21(25)10-6-14-5-9-19(26-13-15-3-1-2-4-15)17(11-14)16-7-8-18-20(12-16)28-22(27)23-18/h5,7-9,11-12,15H,1-4,6,10,13H2,(H,23,27)(H,24,25). The van der Waals surface area contributed by atoms with Crippen molar-refractivity contribution in [3.63, 3.8) is 0 Å². The number of hydrogen-bond donors (Lipinski definition) is 2. The molecule has 146 valence electrons. The number of carboxylic acid groups (broad SMARTS) is 1. The summed E-state index contributed by atoms with van der Waals surface area (Å²) in [6.07, 6.45) is 5.71. The Balaban J connectivity index is 1.67. The third-order valence-corrected chi connectivity index (χ3v) is 6.55.